The summed E-state index contributed by atoms with van der Waals surface area (Å²) in [5.41, 5.74) is 11.4. The Morgan fingerprint density at radius 2 is 1.55 bits per heavy atom. The molecule has 0 aliphatic carbocycles. The van der Waals surface area contributed by atoms with Crippen LogP contribution in [-0.2, 0) is 16.8 Å². The standard InChI is InChI=1S/C23H26ClN4O4.2C6H10O2.Co/c1-30-19-9-13-8-17(27-20(13)22(32-3)21(19)31-2)23(29)28-12-14(11-24)16-5-4-15(10-18(16)28)26-7-6-25;2*1-4(5(2)7)6(3)8;/h4-5,8-10,14,25-26,29H,6-7,11-12H2,1-3H3;2*7H,1-3H3;/q-1;;;+3/p+1/b23-17+;2*5-4-;. The van der Waals surface area contributed by atoms with E-state index in [1.165, 1.54) is 41.9 Å². The molecule has 0 amide bonds. The van der Waals surface area contributed by atoms with E-state index in [-0.39, 0.29) is 58.2 Å². The van der Waals surface area contributed by atoms with E-state index in [0.717, 1.165) is 22.2 Å². The van der Waals surface area contributed by atoms with E-state index < -0.39 is 0 Å². The number of rotatable bonds is 10. The summed E-state index contributed by atoms with van der Waals surface area (Å²) in [5, 5.41) is 35.4. The number of hydrogen-bond acceptors (Lipinski definition) is 9. The van der Waals surface area contributed by atoms with Gasteiger partial charge in [-0.3, -0.25) is 9.59 Å². The van der Waals surface area contributed by atoms with Gasteiger partial charge in [0.25, 0.3) is 0 Å². The third-order valence-corrected chi connectivity index (χ3v) is 8.17. The summed E-state index contributed by atoms with van der Waals surface area (Å²) in [6.45, 7) is 10.7. The molecule has 0 aromatic heterocycles. The van der Waals surface area contributed by atoms with Crippen LogP contribution >= 0.6 is 11.6 Å². The number of aliphatic hydroxyl groups is 2. The van der Waals surface area contributed by atoms with Crippen LogP contribution in [0.5, 0.6) is 17.2 Å². The average molecular weight is 746 g/mol. The van der Waals surface area contributed by atoms with Crippen LogP contribution in [0.15, 0.2) is 63.5 Å². The zero-order valence-electron chi connectivity index (χ0n) is 29.3. The summed E-state index contributed by atoms with van der Waals surface area (Å²) in [6, 6.07) is 7.67. The molecule has 0 spiro atoms. The summed E-state index contributed by atoms with van der Waals surface area (Å²) in [7, 11) is 4.60. The maximum Gasteiger partial charge on any atom is 3.00 e. The number of methoxy groups -OCH3 is 3. The van der Waals surface area contributed by atoms with Gasteiger partial charge >= 0.3 is 28.3 Å². The van der Waals surface area contributed by atoms with Gasteiger partial charge < -0.3 is 45.5 Å². The van der Waals surface area contributed by atoms with E-state index in [2.05, 4.69) is 10.3 Å². The van der Waals surface area contributed by atoms with Crippen molar-refractivity contribution in [3.05, 3.63) is 80.4 Å². The van der Waals surface area contributed by atoms with Crippen molar-refractivity contribution in [2.75, 3.05) is 57.1 Å². The molecule has 0 fully saturated rings. The summed E-state index contributed by atoms with van der Waals surface area (Å²) < 4.78 is 16.4. The topological polar surface area (TPSA) is 185 Å². The fraction of sp³-hybridized carbons (Fsp3) is 0.400. The first-order chi connectivity index (χ1) is 22.7. The number of allylic oxidation sites excluding steroid dienone is 5. The first-order valence-corrected chi connectivity index (χ1v) is 15.7. The molecule has 1 unspecified atom stereocenters. The van der Waals surface area contributed by atoms with E-state index in [1.54, 1.807) is 38.0 Å². The number of aliphatic hydroxyl groups excluding tert-OH is 2. The van der Waals surface area contributed by atoms with Gasteiger partial charge in [0.05, 0.1) is 52.0 Å². The summed E-state index contributed by atoms with van der Waals surface area (Å²) >= 11 is 6.21. The number of anilines is 2. The van der Waals surface area contributed by atoms with Crippen LogP contribution in [0.2, 0.25) is 0 Å². The van der Waals surface area contributed by atoms with Crippen molar-refractivity contribution in [2.45, 2.75) is 47.5 Å². The molecular weight excluding hydrogens is 699 g/mol. The van der Waals surface area contributed by atoms with E-state index in [1.807, 2.05) is 18.2 Å². The maximum absolute atomic E-state index is 13.5. The molecule has 6 N–H and O–H groups in total. The first kappa shape index (κ1) is 42.8. The van der Waals surface area contributed by atoms with E-state index in [9.17, 15) is 5.11 Å². The third kappa shape index (κ3) is 10.7. The minimum Gasteiger partial charge on any atom is -0.859 e. The monoisotopic (exact) mass is 745 g/mol. The molecule has 2 heterocycles. The molecule has 2 aliphatic heterocycles. The van der Waals surface area contributed by atoms with Crippen LogP contribution in [-0.4, -0.2) is 78.2 Å². The van der Waals surface area contributed by atoms with E-state index >= 15 is 0 Å². The van der Waals surface area contributed by atoms with Gasteiger partial charge in [0.2, 0.25) is 5.75 Å². The Balaban J connectivity index is 0.000000588. The molecule has 2 aromatic rings. The van der Waals surface area contributed by atoms with Gasteiger partial charge in [-0.1, -0.05) is 6.07 Å². The molecule has 0 saturated carbocycles. The van der Waals surface area contributed by atoms with Crippen LogP contribution in [0, 0.1) is 0 Å². The van der Waals surface area contributed by atoms with E-state index in [4.69, 9.17) is 51.3 Å². The van der Waals surface area contributed by atoms with Crippen LogP contribution in [0.3, 0.4) is 0 Å². The molecule has 12 nitrogen and oxygen atoms in total. The van der Waals surface area contributed by atoms with Gasteiger partial charge in [-0.05, 0) is 70.0 Å². The van der Waals surface area contributed by atoms with Crippen molar-refractivity contribution in [1.82, 2.24) is 0 Å². The minimum atomic E-state index is -0.215. The third-order valence-electron chi connectivity index (χ3n) is 7.80. The second-order valence-electron chi connectivity index (χ2n) is 11.0. The molecule has 4 rings (SSSR count). The number of nitrogens with zero attached hydrogens (tertiary/aromatic N) is 2. The Hall–Kier alpha value is -4.17. The van der Waals surface area contributed by atoms with Gasteiger partial charge in [-0.15, -0.1) is 18.1 Å². The molecule has 268 valence electrons. The Morgan fingerprint density at radius 1 is 0.980 bits per heavy atom. The van der Waals surface area contributed by atoms with Crippen molar-refractivity contribution >= 4 is 40.6 Å². The second-order valence-corrected chi connectivity index (χ2v) is 11.3. The van der Waals surface area contributed by atoms with Crippen molar-refractivity contribution < 1.29 is 55.9 Å². The zero-order valence-corrected chi connectivity index (χ0v) is 31.1. The predicted octanol–water partition coefficient (Wildman–Crippen LogP) is 4.77. The quantitative estimate of drug-likeness (QED) is 0.134. The van der Waals surface area contributed by atoms with Crippen molar-refractivity contribution in [1.29, 1.82) is 0 Å². The Labute approximate surface area is 302 Å². The van der Waals surface area contributed by atoms with Gasteiger partial charge in [-0.25, -0.2) is 4.99 Å². The maximum atomic E-state index is 13.5. The van der Waals surface area contributed by atoms with Crippen LogP contribution in [0.4, 0.5) is 11.4 Å². The fourth-order valence-corrected chi connectivity index (χ4v) is 4.90. The van der Waals surface area contributed by atoms with Crippen LogP contribution in [0.25, 0.3) is 11.8 Å². The molecule has 2 aliphatic rings. The number of halogens is 1. The Morgan fingerprint density at radius 3 is 1.98 bits per heavy atom. The number of fused-ring (bicyclic) bond motifs is 2. The number of carbonyl (C=O) groups excluding carboxylic acids is 2. The Bertz CT molecular complexity index is 1700. The van der Waals surface area contributed by atoms with Gasteiger partial charge in [0.15, 0.2) is 11.5 Å². The van der Waals surface area contributed by atoms with Crippen molar-refractivity contribution in [2.24, 2.45) is 4.99 Å². The number of ketones is 2. The first-order valence-electron chi connectivity index (χ1n) is 15.1. The van der Waals surface area contributed by atoms with Crippen molar-refractivity contribution in [3.8, 4) is 17.2 Å². The number of alkyl halides is 1. The summed E-state index contributed by atoms with van der Waals surface area (Å²) in [6.07, 6.45) is 1.73. The molecule has 0 radical (unpaired) electrons. The summed E-state index contributed by atoms with van der Waals surface area (Å²) in [5.74, 6) is 2.27. The SMILES string of the molecule is CC(=[OH+])/C(C)=C(/C)O.CC(=[OH+])/C(C)=C(/C)O.COc1cc2c(c(OC)c1OC)=N/C(=C(/[O-])N1CC(CCl)c3ccc(NCC[NH-])cc31)C=2.[Co+3]. The smallest absolute Gasteiger partial charge is 0.859 e. The molecule has 2 aromatic carbocycles. The number of hydrogen-bond donors (Lipinski definition) is 3. The van der Waals surface area contributed by atoms with Gasteiger partial charge in [0, 0.05) is 34.9 Å². The summed E-state index contributed by atoms with van der Waals surface area (Å²) in [4.78, 5) is 23.7. The van der Waals surface area contributed by atoms with Crippen LogP contribution in [0.1, 0.15) is 53.0 Å². The number of ether oxygens (including phenoxy) is 3. The van der Waals surface area contributed by atoms with Gasteiger partial charge in [-0.2, -0.15) is 0 Å². The number of nitrogens with one attached hydrogen (secondary N) is 2. The second kappa shape index (κ2) is 19.7. The molecule has 49 heavy (non-hydrogen) atoms. The molecule has 0 bridgehead atoms. The van der Waals surface area contributed by atoms with Crippen LogP contribution < -0.4 is 40.1 Å². The fourth-order valence-electron chi connectivity index (χ4n) is 4.64. The minimum absolute atomic E-state index is 0. The largest absolute Gasteiger partial charge is 3.00 e. The van der Waals surface area contributed by atoms with Gasteiger partial charge in [0.1, 0.15) is 16.9 Å². The molecule has 14 heteroatoms. The predicted molar refractivity (Wildman–Crippen MR) is 191 cm³/mol. The number of benzene rings is 2. The van der Waals surface area contributed by atoms with Crippen molar-refractivity contribution in [3.63, 3.8) is 0 Å². The normalized spacial score (nSPS) is 15.8. The molecular formula is C35H47ClCoN4O8+3. The Kier molecular flexibility index (Phi) is 17.3. The zero-order chi connectivity index (χ0) is 36.3. The van der Waals surface area contributed by atoms with E-state index in [0.29, 0.717) is 58.4 Å². The average Bonchev–Trinajstić information content (AvgIpc) is 3.66. The molecule has 1 atom stereocenters. The molecule has 0 saturated heterocycles.